The van der Waals surface area contributed by atoms with Gasteiger partial charge in [-0.25, -0.2) is 5.14 Å². The summed E-state index contributed by atoms with van der Waals surface area (Å²) < 4.78 is 23.8. The van der Waals surface area contributed by atoms with E-state index in [1.54, 1.807) is 0 Å². The Labute approximate surface area is 97.0 Å². The Bertz CT molecular complexity index is 570. The van der Waals surface area contributed by atoms with Crippen LogP contribution in [0.5, 0.6) is 0 Å². The molecule has 1 heterocycles. The molecule has 0 spiro atoms. The smallest absolute Gasteiger partial charge is 0.296 e. The number of hydrogen-bond acceptors (Lipinski definition) is 3. The summed E-state index contributed by atoms with van der Waals surface area (Å²) >= 11 is 5.83. The van der Waals surface area contributed by atoms with Crippen LogP contribution in [0.25, 0.3) is 0 Å². The zero-order chi connectivity index (χ0) is 11.9. The standard InChI is InChI=1S/C8H8ClN3O3S/c9-5-3-6-4(2-8(13)11-6)1-7(5)12-16(10,14)15/h1,3,12H,2H2,(H,11,13)(H2,10,14,15). The van der Waals surface area contributed by atoms with Gasteiger partial charge in [-0.2, -0.15) is 8.42 Å². The van der Waals surface area contributed by atoms with E-state index < -0.39 is 10.2 Å². The van der Waals surface area contributed by atoms with Gasteiger partial charge in [-0.15, -0.1) is 0 Å². The first-order valence-corrected chi connectivity index (χ1v) is 6.20. The number of amides is 1. The van der Waals surface area contributed by atoms with Crippen molar-refractivity contribution in [2.45, 2.75) is 6.42 Å². The minimum Gasteiger partial charge on any atom is -0.325 e. The second-order valence-electron chi connectivity index (χ2n) is 3.36. The molecule has 1 aliphatic heterocycles. The molecule has 1 aromatic rings. The lowest BCUT2D eigenvalue weighted by atomic mass is 10.1. The third-order valence-electron chi connectivity index (χ3n) is 2.07. The number of carbonyl (C=O) groups excluding carboxylic acids is 1. The predicted molar refractivity (Wildman–Crippen MR) is 60.5 cm³/mol. The fourth-order valence-corrected chi connectivity index (χ4v) is 2.22. The number of nitrogens with two attached hydrogens (primary N) is 1. The van der Waals surface area contributed by atoms with Crippen LogP contribution >= 0.6 is 11.6 Å². The van der Waals surface area contributed by atoms with E-state index in [1.165, 1.54) is 12.1 Å². The largest absolute Gasteiger partial charge is 0.325 e. The maximum atomic E-state index is 11.1. The summed E-state index contributed by atoms with van der Waals surface area (Å²) in [5.74, 6) is -0.154. The summed E-state index contributed by atoms with van der Waals surface area (Å²) in [6, 6.07) is 2.97. The number of carbonyl (C=O) groups is 1. The number of hydrogen-bond donors (Lipinski definition) is 3. The first kappa shape index (κ1) is 11.2. The highest BCUT2D eigenvalue weighted by Gasteiger charge is 2.20. The highest BCUT2D eigenvalue weighted by Crippen LogP contribution is 2.32. The van der Waals surface area contributed by atoms with E-state index in [2.05, 4.69) is 10.0 Å². The fraction of sp³-hybridized carbons (Fsp3) is 0.125. The Kier molecular flexibility index (Phi) is 2.53. The van der Waals surface area contributed by atoms with Gasteiger partial charge in [0, 0.05) is 5.69 Å². The van der Waals surface area contributed by atoms with Crippen molar-refractivity contribution in [1.82, 2.24) is 0 Å². The van der Waals surface area contributed by atoms with Crippen molar-refractivity contribution in [3.05, 3.63) is 22.7 Å². The molecular weight excluding hydrogens is 254 g/mol. The van der Waals surface area contributed by atoms with Crippen molar-refractivity contribution >= 4 is 39.1 Å². The average molecular weight is 262 g/mol. The molecular formula is C8H8ClN3O3S. The Balaban J connectivity index is 2.43. The number of nitrogens with one attached hydrogen (secondary N) is 2. The summed E-state index contributed by atoms with van der Waals surface area (Å²) in [5, 5.41) is 7.60. The van der Waals surface area contributed by atoms with Crippen LogP contribution in [-0.4, -0.2) is 14.3 Å². The van der Waals surface area contributed by atoms with Crippen LogP contribution in [0.15, 0.2) is 12.1 Å². The SMILES string of the molecule is NS(=O)(=O)Nc1cc2c(cc1Cl)NC(=O)C2. The van der Waals surface area contributed by atoms with Crippen LogP contribution in [0.1, 0.15) is 5.56 Å². The topological polar surface area (TPSA) is 101 Å². The third-order valence-corrected chi connectivity index (χ3v) is 2.89. The summed E-state index contributed by atoms with van der Waals surface area (Å²) in [7, 11) is -3.87. The summed E-state index contributed by atoms with van der Waals surface area (Å²) in [6.07, 6.45) is 0.200. The molecule has 1 aromatic carbocycles. The lowest BCUT2D eigenvalue weighted by molar-refractivity contribution is -0.115. The fourth-order valence-electron chi connectivity index (χ4n) is 1.48. The Hall–Kier alpha value is -1.31. The van der Waals surface area contributed by atoms with Crippen LogP contribution in [-0.2, 0) is 21.4 Å². The summed E-state index contributed by atoms with van der Waals surface area (Å²) in [5.41, 5.74) is 1.44. The van der Waals surface area contributed by atoms with E-state index in [-0.39, 0.29) is 23.0 Å². The van der Waals surface area contributed by atoms with Crippen LogP contribution in [0, 0.1) is 0 Å². The molecule has 86 valence electrons. The highest BCUT2D eigenvalue weighted by molar-refractivity contribution is 7.90. The van der Waals surface area contributed by atoms with Gasteiger partial charge in [-0.1, -0.05) is 11.6 Å². The van der Waals surface area contributed by atoms with Crippen LogP contribution in [0.4, 0.5) is 11.4 Å². The number of anilines is 2. The molecule has 0 fully saturated rings. The second-order valence-corrected chi connectivity index (χ2v) is 5.06. The third kappa shape index (κ3) is 2.26. The van der Waals surface area contributed by atoms with Crippen LogP contribution < -0.4 is 15.2 Å². The maximum Gasteiger partial charge on any atom is 0.296 e. The molecule has 0 atom stereocenters. The quantitative estimate of drug-likeness (QED) is 0.720. The lowest BCUT2D eigenvalue weighted by Crippen LogP contribution is -2.21. The van der Waals surface area contributed by atoms with E-state index in [1.807, 2.05) is 0 Å². The van der Waals surface area contributed by atoms with Crippen LogP contribution in [0.2, 0.25) is 5.02 Å². The summed E-state index contributed by atoms with van der Waals surface area (Å²) in [4.78, 5) is 11.1. The molecule has 6 nitrogen and oxygen atoms in total. The normalized spacial score (nSPS) is 14.5. The first-order valence-electron chi connectivity index (χ1n) is 4.28. The number of halogens is 1. The monoisotopic (exact) mass is 261 g/mol. The van der Waals surface area contributed by atoms with Gasteiger partial charge in [0.1, 0.15) is 0 Å². The zero-order valence-corrected chi connectivity index (χ0v) is 9.52. The molecule has 0 saturated heterocycles. The molecule has 2 rings (SSSR count). The number of benzene rings is 1. The Morgan fingerprint density at radius 1 is 1.44 bits per heavy atom. The zero-order valence-electron chi connectivity index (χ0n) is 7.95. The number of fused-ring (bicyclic) bond motifs is 1. The van der Waals surface area contributed by atoms with Gasteiger partial charge in [0.25, 0.3) is 10.2 Å². The molecule has 0 radical (unpaired) electrons. The van der Waals surface area contributed by atoms with E-state index in [0.717, 1.165) is 0 Å². The van der Waals surface area contributed by atoms with Gasteiger partial charge in [0.05, 0.1) is 17.1 Å². The van der Waals surface area contributed by atoms with Crippen molar-refractivity contribution in [2.24, 2.45) is 5.14 Å². The average Bonchev–Trinajstić information content (AvgIpc) is 2.42. The summed E-state index contributed by atoms with van der Waals surface area (Å²) in [6.45, 7) is 0. The van der Waals surface area contributed by atoms with E-state index >= 15 is 0 Å². The molecule has 0 aromatic heterocycles. The molecule has 0 unspecified atom stereocenters. The Morgan fingerprint density at radius 3 is 2.75 bits per heavy atom. The van der Waals surface area contributed by atoms with Gasteiger partial charge in [0.15, 0.2) is 0 Å². The van der Waals surface area contributed by atoms with Crippen molar-refractivity contribution in [2.75, 3.05) is 10.0 Å². The van der Waals surface area contributed by atoms with Gasteiger partial charge in [-0.3, -0.25) is 9.52 Å². The molecule has 1 aliphatic rings. The second kappa shape index (κ2) is 3.62. The van der Waals surface area contributed by atoms with Gasteiger partial charge in [0.2, 0.25) is 5.91 Å². The first-order chi connectivity index (χ1) is 7.35. The molecule has 0 saturated carbocycles. The number of rotatable bonds is 2. The van der Waals surface area contributed by atoms with E-state index in [4.69, 9.17) is 16.7 Å². The minimum absolute atomic E-state index is 0.154. The molecule has 1 amide bonds. The molecule has 16 heavy (non-hydrogen) atoms. The highest BCUT2D eigenvalue weighted by atomic mass is 35.5. The van der Waals surface area contributed by atoms with E-state index in [0.29, 0.717) is 11.3 Å². The van der Waals surface area contributed by atoms with Crippen molar-refractivity contribution < 1.29 is 13.2 Å². The maximum absolute atomic E-state index is 11.1. The van der Waals surface area contributed by atoms with Crippen molar-refractivity contribution in [1.29, 1.82) is 0 Å². The Morgan fingerprint density at radius 2 is 2.12 bits per heavy atom. The van der Waals surface area contributed by atoms with Gasteiger partial charge in [-0.05, 0) is 17.7 Å². The van der Waals surface area contributed by atoms with Crippen molar-refractivity contribution in [3.63, 3.8) is 0 Å². The molecule has 8 heteroatoms. The molecule has 0 aliphatic carbocycles. The molecule has 4 N–H and O–H groups in total. The molecule has 0 bridgehead atoms. The lowest BCUT2D eigenvalue weighted by Gasteiger charge is -2.08. The van der Waals surface area contributed by atoms with Crippen LogP contribution in [0.3, 0.4) is 0 Å². The minimum atomic E-state index is -3.87. The van der Waals surface area contributed by atoms with Crippen molar-refractivity contribution in [3.8, 4) is 0 Å². The van der Waals surface area contributed by atoms with Gasteiger partial charge < -0.3 is 5.32 Å². The predicted octanol–water partition coefficient (Wildman–Crippen LogP) is 0.450. The van der Waals surface area contributed by atoms with Gasteiger partial charge >= 0.3 is 0 Å². The van der Waals surface area contributed by atoms with E-state index in [9.17, 15) is 13.2 Å².